The fraction of sp³-hybridized carbons (Fsp3) is 0. The van der Waals surface area contributed by atoms with Gasteiger partial charge in [0.15, 0.2) is 17.5 Å². The van der Waals surface area contributed by atoms with Gasteiger partial charge in [-0.1, -0.05) is 133 Å². The molecule has 9 rings (SSSR count). The van der Waals surface area contributed by atoms with Crippen molar-refractivity contribution in [2.75, 3.05) is 0 Å². The third-order valence-electron chi connectivity index (χ3n) is 8.68. The molecule has 0 unspecified atom stereocenters. The highest BCUT2D eigenvalue weighted by atomic mass is 16.3. The van der Waals surface area contributed by atoms with E-state index in [0.29, 0.717) is 17.5 Å². The van der Waals surface area contributed by atoms with Crippen LogP contribution in [0, 0.1) is 0 Å². The summed E-state index contributed by atoms with van der Waals surface area (Å²) in [7, 11) is 0. The summed E-state index contributed by atoms with van der Waals surface area (Å²) in [5.74, 6) is 1.83. The first kappa shape index (κ1) is 27.0. The van der Waals surface area contributed by atoms with Gasteiger partial charge in [-0.3, -0.25) is 0 Å². The van der Waals surface area contributed by atoms with Crippen LogP contribution < -0.4 is 0 Å². The minimum absolute atomic E-state index is 0.595. The second-order valence-electron chi connectivity index (χ2n) is 11.7. The third kappa shape index (κ3) is 4.93. The summed E-state index contributed by atoms with van der Waals surface area (Å²) in [6, 6.07) is 56.3. The summed E-state index contributed by atoms with van der Waals surface area (Å²) in [6.07, 6.45) is 0. The minimum atomic E-state index is 0.595. The molecule has 0 saturated heterocycles. The van der Waals surface area contributed by atoms with Crippen LogP contribution in [0.25, 0.3) is 89.1 Å². The van der Waals surface area contributed by atoms with E-state index >= 15 is 0 Å². The lowest BCUT2D eigenvalue weighted by atomic mass is 9.97. The minimum Gasteiger partial charge on any atom is -0.456 e. The molecule has 0 aliphatic carbocycles. The molecule has 0 aliphatic heterocycles. The Morgan fingerprint density at radius 3 is 1.57 bits per heavy atom. The molecule has 0 saturated carbocycles. The normalized spacial score (nSPS) is 11.4. The summed E-state index contributed by atoms with van der Waals surface area (Å²) < 4.78 is 6.61. The number of nitrogens with zero attached hydrogens (tertiary/aromatic N) is 3. The molecule has 9 aromatic rings. The maximum atomic E-state index is 6.61. The Kier molecular flexibility index (Phi) is 6.43. The van der Waals surface area contributed by atoms with Crippen molar-refractivity contribution in [1.82, 2.24) is 15.0 Å². The fourth-order valence-electron chi connectivity index (χ4n) is 6.38. The van der Waals surface area contributed by atoms with E-state index < -0.39 is 0 Å². The molecule has 2 aromatic heterocycles. The first-order chi connectivity index (χ1) is 23.3. The Morgan fingerprint density at radius 1 is 0.340 bits per heavy atom. The predicted octanol–water partition coefficient (Wildman–Crippen LogP) is 11.3. The van der Waals surface area contributed by atoms with E-state index in [1.807, 2.05) is 42.5 Å². The second-order valence-corrected chi connectivity index (χ2v) is 11.7. The summed E-state index contributed by atoms with van der Waals surface area (Å²) in [6.45, 7) is 0. The van der Waals surface area contributed by atoms with E-state index in [1.54, 1.807) is 0 Å². The largest absolute Gasteiger partial charge is 0.456 e. The predicted molar refractivity (Wildman–Crippen MR) is 192 cm³/mol. The zero-order valence-electron chi connectivity index (χ0n) is 25.3. The fourth-order valence-corrected chi connectivity index (χ4v) is 6.38. The first-order valence-electron chi connectivity index (χ1n) is 15.7. The lowest BCUT2D eigenvalue weighted by Gasteiger charge is -2.12. The Labute approximate surface area is 271 Å². The Balaban J connectivity index is 1.34. The Morgan fingerprint density at radius 2 is 0.872 bits per heavy atom. The van der Waals surface area contributed by atoms with Gasteiger partial charge >= 0.3 is 0 Å². The molecule has 0 radical (unpaired) electrons. The van der Waals surface area contributed by atoms with Gasteiger partial charge in [0.2, 0.25) is 0 Å². The van der Waals surface area contributed by atoms with E-state index in [1.165, 1.54) is 0 Å². The van der Waals surface area contributed by atoms with Gasteiger partial charge in [0, 0.05) is 27.5 Å². The average Bonchev–Trinajstić information content (AvgIpc) is 3.51. The van der Waals surface area contributed by atoms with Crippen molar-refractivity contribution in [2.24, 2.45) is 0 Å². The van der Waals surface area contributed by atoms with Crippen LogP contribution in [-0.4, -0.2) is 15.0 Å². The van der Waals surface area contributed by atoms with Crippen LogP contribution in [0.2, 0.25) is 0 Å². The molecule has 0 fully saturated rings. The molecule has 220 valence electrons. The highest BCUT2D eigenvalue weighted by Crippen LogP contribution is 2.41. The van der Waals surface area contributed by atoms with Crippen molar-refractivity contribution in [1.29, 1.82) is 0 Å². The smallest absolute Gasteiger partial charge is 0.164 e. The zero-order valence-corrected chi connectivity index (χ0v) is 25.3. The molecular weight excluding hydrogens is 574 g/mol. The van der Waals surface area contributed by atoms with Crippen molar-refractivity contribution < 1.29 is 4.42 Å². The van der Waals surface area contributed by atoms with Gasteiger partial charge in [0.1, 0.15) is 11.2 Å². The van der Waals surface area contributed by atoms with Gasteiger partial charge in [0.05, 0.1) is 0 Å². The van der Waals surface area contributed by atoms with E-state index in [0.717, 1.165) is 71.7 Å². The topological polar surface area (TPSA) is 51.8 Å². The first-order valence-corrected chi connectivity index (χ1v) is 15.7. The molecule has 0 spiro atoms. The van der Waals surface area contributed by atoms with Crippen LogP contribution in [0.3, 0.4) is 0 Å². The SMILES string of the molecule is c1ccc(-c2cccc(-c3nc(-c4ccccc4)nc(-c4cc(-c5ccccc5)cc5oc6cc7ccccc7cc6c45)n3)c2)cc1. The number of rotatable bonds is 5. The summed E-state index contributed by atoms with van der Waals surface area (Å²) in [4.78, 5) is 15.4. The number of aromatic nitrogens is 3. The molecule has 0 aliphatic rings. The molecule has 4 heteroatoms. The number of hydrogen-bond donors (Lipinski definition) is 0. The van der Waals surface area contributed by atoms with Gasteiger partial charge in [-0.2, -0.15) is 0 Å². The molecule has 0 bridgehead atoms. The number of fused-ring (bicyclic) bond motifs is 4. The maximum absolute atomic E-state index is 6.61. The van der Waals surface area contributed by atoms with Crippen molar-refractivity contribution in [3.63, 3.8) is 0 Å². The van der Waals surface area contributed by atoms with E-state index in [2.05, 4.69) is 121 Å². The van der Waals surface area contributed by atoms with Gasteiger partial charge in [0.25, 0.3) is 0 Å². The standard InChI is InChI=1S/C43H27N3O/c1-4-13-28(14-5-1)31-21-12-22-34(23-31)42-44-41(30-17-8-3-9-18-30)45-43(46-42)37-25-35(29-15-6-2-7-16-29)27-39-40(37)36-24-32-19-10-11-20-33(32)26-38(36)47-39/h1-27H. The highest BCUT2D eigenvalue weighted by Gasteiger charge is 2.20. The number of furan rings is 1. The van der Waals surface area contributed by atoms with Gasteiger partial charge in [-0.05, 0) is 63.4 Å². The lowest BCUT2D eigenvalue weighted by Crippen LogP contribution is -2.01. The lowest BCUT2D eigenvalue weighted by molar-refractivity contribution is 0.669. The van der Waals surface area contributed by atoms with Crippen LogP contribution in [0.1, 0.15) is 0 Å². The summed E-state index contributed by atoms with van der Waals surface area (Å²) >= 11 is 0. The molecule has 7 aromatic carbocycles. The molecule has 0 atom stereocenters. The maximum Gasteiger partial charge on any atom is 0.164 e. The molecular formula is C43H27N3O. The van der Waals surface area contributed by atoms with Gasteiger partial charge in [-0.15, -0.1) is 0 Å². The van der Waals surface area contributed by atoms with Crippen LogP contribution in [0.5, 0.6) is 0 Å². The van der Waals surface area contributed by atoms with E-state index in [9.17, 15) is 0 Å². The quantitative estimate of drug-likeness (QED) is 0.197. The van der Waals surface area contributed by atoms with Crippen molar-refractivity contribution in [2.45, 2.75) is 0 Å². The second kappa shape index (κ2) is 11.2. The van der Waals surface area contributed by atoms with E-state index in [4.69, 9.17) is 19.4 Å². The van der Waals surface area contributed by atoms with Crippen molar-refractivity contribution in [3.05, 3.63) is 164 Å². The third-order valence-corrected chi connectivity index (χ3v) is 8.68. The van der Waals surface area contributed by atoms with Gasteiger partial charge < -0.3 is 4.42 Å². The molecule has 0 amide bonds. The van der Waals surface area contributed by atoms with Crippen LogP contribution in [0.4, 0.5) is 0 Å². The summed E-state index contributed by atoms with van der Waals surface area (Å²) in [5.41, 5.74) is 8.74. The van der Waals surface area contributed by atoms with Crippen LogP contribution >= 0.6 is 0 Å². The molecule has 0 N–H and O–H groups in total. The van der Waals surface area contributed by atoms with Crippen molar-refractivity contribution in [3.8, 4) is 56.4 Å². The van der Waals surface area contributed by atoms with Crippen LogP contribution in [-0.2, 0) is 0 Å². The molecule has 4 nitrogen and oxygen atoms in total. The Bertz CT molecular complexity index is 2560. The Hall–Kier alpha value is -6.39. The molecule has 2 heterocycles. The van der Waals surface area contributed by atoms with Crippen LogP contribution in [0.15, 0.2) is 168 Å². The highest BCUT2D eigenvalue weighted by molar-refractivity contribution is 6.16. The average molecular weight is 602 g/mol. The monoisotopic (exact) mass is 601 g/mol. The van der Waals surface area contributed by atoms with Crippen molar-refractivity contribution >= 4 is 32.7 Å². The number of benzene rings is 7. The van der Waals surface area contributed by atoms with E-state index in [-0.39, 0.29) is 0 Å². The summed E-state index contributed by atoms with van der Waals surface area (Å²) in [5, 5.41) is 4.30. The zero-order chi connectivity index (χ0) is 31.2. The molecule has 47 heavy (non-hydrogen) atoms. The van der Waals surface area contributed by atoms with Gasteiger partial charge in [-0.25, -0.2) is 15.0 Å². The number of hydrogen-bond acceptors (Lipinski definition) is 4.